The van der Waals surface area contributed by atoms with E-state index in [0.29, 0.717) is 26.4 Å². The number of halogens is 3. The number of hydrogen-bond acceptors (Lipinski definition) is 3. The van der Waals surface area contributed by atoms with Gasteiger partial charge in [-0.25, -0.2) is 0 Å². The van der Waals surface area contributed by atoms with Crippen LogP contribution in [0.1, 0.15) is 57.8 Å². The summed E-state index contributed by atoms with van der Waals surface area (Å²) in [6.07, 6.45) is 11.2. The standard InChI is InChI=1S/C16H33Cl3O3Si/c1-20-12-13-22-15-14-21-11-9-7-5-3-2-4-6-8-10-16-23(17,18)19/h2-16H2,1H3. The Balaban J connectivity index is 3.00. The van der Waals surface area contributed by atoms with Gasteiger partial charge in [0.2, 0.25) is 0 Å². The minimum absolute atomic E-state index is 0.645. The van der Waals surface area contributed by atoms with E-state index in [2.05, 4.69) is 0 Å². The maximum absolute atomic E-state index is 5.85. The lowest BCUT2D eigenvalue weighted by atomic mass is 10.1. The maximum Gasteiger partial charge on any atom is 0.341 e. The van der Waals surface area contributed by atoms with Crippen molar-refractivity contribution in [3.8, 4) is 0 Å². The first-order valence-corrected chi connectivity index (χ1v) is 14.0. The molecule has 0 atom stereocenters. The molecular weight excluding hydrogens is 375 g/mol. The lowest BCUT2D eigenvalue weighted by Crippen LogP contribution is -2.08. The van der Waals surface area contributed by atoms with Crippen LogP contribution in [0.15, 0.2) is 0 Å². The van der Waals surface area contributed by atoms with E-state index in [4.69, 9.17) is 47.4 Å². The second kappa shape index (κ2) is 17.8. The first-order valence-electron chi connectivity index (χ1n) is 8.77. The molecule has 140 valence electrons. The Bertz CT molecular complexity index is 241. The highest BCUT2D eigenvalue weighted by molar-refractivity contribution is 7.64. The third kappa shape index (κ3) is 23.0. The molecule has 0 N–H and O–H groups in total. The molecule has 0 aromatic rings. The third-order valence-electron chi connectivity index (χ3n) is 3.55. The normalized spacial score (nSPS) is 12.0. The summed E-state index contributed by atoms with van der Waals surface area (Å²) in [5.74, 6) is 0. The van der Waals surface area contributed by atoms with Crippen LogP contribution in [0.5, 0.6) is 0 Å². The summed E-state index contributed by atoms with van der Waals surface area (Å²) in [5.41, 5.74) is 0. The molecule has 23 heavy (non-hydrogen) atoms. The van der Waals surface area contributed by atoms with Gasteiger partial charge in [-0.1, -0.05) is 51.4 Å². The van der Waals surface area contributed by atoms with Crippen molar-refractivity contribution in [1.82, 2.24) is 0 Å². The number of unbranched alkanes of at least 4 members (excludes halogenated alkanes) is 8. The van der Waals surface area contributed by atoms with E-state index in [0.717, 1.165) is 25.5 Å². The van der Waals surface area contributed by atoms with Crippen molar-refractivity contribution in [2.45, 2.75) is 63.8 Å². The van der Waals surface area contributed by atoms with E-state index in [1.807, 2.05) is 0 Å². The van der Waals surface area contributed by atoms with Gasteiger partial charge in [-0.3, -0.25) is 0 Å². The van der Waals surface area contributed by atoms with E-state index in [1.165, 1.54) is 44.9 Å². The Morgan fingerprint density at radius 3 is 1.52 bits per heavy atom. The van der Waals surface area contributed by atoms with E-state index >= 15 is 0 Å². The van der Waals surface area contributed by atoms with Crippen molar-refractivity contribution in [2.75, 3.05) is 40.1 Å². The van der Waals surface area contributed by atoms with Crippen LogP contribution in [-0.4, -0.2) is 46.1 Å². The quantitative estimate of drug-likeness (QED) is 0.162. The van der Waals surface area contributed by atoms with Crippen molar-refractivity contribution in [1.29, 1.82) is 0 Å². The highest BCUT2D eigenvalue weighted by atomic mass is 35.8. The molecule has 0 bridgehead atoms. The van der Waals surface area contributed by atoms with E-state index in [-0.39, 0.29) is 0 Å². The fourth-order valence-electron chi connectivity index (χ4n) is 2.23. The number of methoxy groups -OCH3 is 1. The Labute approximate surface area is 157 Å². The molecule has 0 aromatic carbocycles. The lowest BCUT2D eigenvalue weighted by molar-refractivity contribution is 0.0239. The Kier molecular flexibility index (Phi) is 18.5. The lowest BCUT2D eigenvalue weighted by Gasteiger charge is -2.07. The van der Waals surface area contributed by atoms with Gasteiger partial charge in [0, 0.05) is 13.7 Å². The zero-order valence-electron chi connectivity index (χ0n) is 14.5. The SMILES string of the molecule is COCCOCCOCCCCCCCCCCC[Si](Cl)(Cl)Cl. The second-order valence-corrected chi connectivity index (χ2v) is 15.0. The van der Waals surface area contributed by atoms with E-state index < -0.39 is 6.00 Å². The topological polar surface area (TPSA) is 27.7 Å². The number of hydrogen-bond donors (Lipinski definition) is 0. The molecule has 0 aliphatic carbocycles. The minimum Gasteiger partial charge on any atom is -0.382 e. The molecule has 0 aliphatic heterocycles. The molecule has 0 amide bonds. The second-order valence-electron chi connectivity index (χ2n) is 5.76. The Morgan fingerprint density at radius 1 is 0.565 bits per heavy atom. The minimum atomic E-state index is -2.37. The van der Waals surface area contributed by atoms with Gasteiger partial charge in [0.05, 0.1) is 26.4 Å². The van der Waals surface area contributed by atoms with Gasteiger partial charge in [-0.05, 0) is 12.5 Å². The van der Waals surface area contributed by atoms with Gasteiger partial charge in [0.25, 0.3) is 0 Å². The van der Waals surface area contributed by atoms with Gasteiger partial charge in [0.1, 0.15) is 0 Å². The van der Waals surface area contributed by atoms with Crippen LogP contribution in [0, 0.1) is 0 Å². The summed E-state index contributed by atoms with van der Waals surface area (Å²) in [7, 11) is 1.67. The smallest absolute Gasteiger partial charge is 0.341 e. The van der Waals surface area contributed by atoms with Gasteiger partial charge < -0.3 is 14.2 Å². The predicted octanol–water partition coefficient (Wildman–Crippen LogP) is 5.83. The van der Waals surface area contributed by atoms with Gasteiger partial charge in [-0.2, -0.15) is 0 Å². The monoisotopic (exact) mass is 406 g/mol. The van der Waals surface area contributed by atoms with Crippen molar-refractivity contribution < 1.29 is 14.2 Å². The van der Waals surface area contributed by atoms with Crippen LogP contribution >= 0.6 is 33.2 Å². The van der Waals surface area contributed by atoms with Crippen LogP contribution in [0.3, 0.4) is 0 Å². The highest BCUT2D eigenvalue weighted by Gasteiger charge is 2.23. The molecular formula is C16H33Cl3O3Si. The average Bonchev–Trinajstić information content (AvgIpc) is 2.49. The van der Waals surface area contributed by atoms with Gasteiger partial charge in [-0.15, -0.1) is 33.2 Å². The molecule has 0 saturated heterocycles. The highest BCUT2D eigenvalue weighted by Crippen LogP contribution is 2.27. The summed E-state index contributed by atoms with van der Waals surface area (Å²) in [5, 5.41) is 0. The number of ether oxygens (including phenoxy) is 3. The van der Waals surface area contributed by atoms with E-state index in [1.54, 1.807) is 7.11 Å². The number of rotatable bonds is 18. The molecule has 0 spiro atoms. The van der Waals surface area contributed by atoms with Crippen LogP contribution < -0.4 is 0 Å². The van der Waals surface area contributed by atoms with Crippen LogP contribution in [0.4, 0.5) is 0 Å². The van der Waals surface area contributed by atoms with E-state index in [9.17, 15) is 0 Å². The molecule has 0 unspecified atom stereocenters. The third-order valence-corrected chi connectivity index (χ3v) is 6.17. The zero-order valence-corrected chi connectivity index (χ0v) is 17.7. The Hall–Kier alpha value is 0.967. The molecule has 0 rings (SSSR count). The van der Waals surface area contributed by atoms with Crippen LogP contribution in [0.25, 0.3) is 0 Å². The summed E-state index contributed by atoms with van der Waals surface area (Å²) in [4.78, 5) is 0. The summed E-state index contributed by atoms with van der Waals surface area (Å²) in [6.45, 7) is 3.47. The summed E-state index contributed by atoms with van der Waals surface area (Å²) < 4.78 is 15.7. The predicted molar refractivity (Wildman–Crippen MR) is 103 cm³/mol. The van der Waals surface area contributed by atoms with Crippen molar-refractivity contribution in [2.24, 2.45) is 0 Å². The molecule has 0 aromatic heterocycles. The van der Waals surface area contributed by atoms with Crippen molar-refractivity contribution in [3.63, 3.8) is 0 Å². The molecule has 0 aliphatic rings. The fourth-order valence-corrected chi connectivity index (χ4v) is 4.08. The largest absolute Gasteiger partial charge is 0.382 e. The first-order chi connectivity index (χ1) is 11.1. The summed E-state index contributed by atoms with van der Waals surface area (Å²) >= 11 is 17.6. The van der Waals surface area contributed by atoms with Crippen molar-refractivity contribution in [3.05, 3.63) is 0 Å². The first kappa shape index (κ1) is 24.0. The molecule has 0 saturated carbocycles. The molecule has 0 heterocycles. The molecule has 0 radical (unpaired) electrons. The van der Waals surface area contributed by atoms with Crippen LogP contribution in [-0.2, 0) is 14.2 Å². The van der Waals surface area contributed by atoms with Crippen molar-refractivity contribution >= 4 is 39.2 Å². The van der Waals surface area contributed by atoms with Crippen LogP contribution in [0.2, 0.25) is 6.04 Å². The molecule has 7 heteroatoms. The fraction of sp³-hybridized carbons (Fsp3) is 1.00. The average molecular weight is 408 g/mol. The summed E-state index contributed by atoms with van der Waals surface area (Å²) in [6, 6.07) is -1.57. The molecule has 3 nitrogen and oxygen atoms in total. The van der Waals surface area contributed by atoms with Gasteiger partial charge in [0.15, 0.2) is 0 Å². The Morgan fingerprint density at radius 2 is 1.00 bits per heavy atom. The zero-order chi connectivity index (χ0) is 17.2. The maximum atomic E-state index is 5.85. The molecule has 0 fully saturated rings. The van der Waals surface area contributed by atoms with Gasteiger partial charge >= 0.3 is 6.00 Å².